The molecule has 0 aliphatic rings. The number of hydrogen-bond donors (Lipinski definition) is 2. The molecule has 0 radical (unpaired) electrons. The fraction of sp³-hybridized carbons (Fsp3) is 0. The summed E-state index contributed by atoms with van der Waals surface area (Å²) in [4.78, 5) is 0. The Morgan fingerprint density at radius 1 is 0.412 bits per heavy atom. The van der Waals surface area contributed by atoms with Crippen LogP contribution in [0.15, 0.2) is 144 Å². The van der Waals surface area contributed by atoms with Crippen LogP contribution < -0.4 is 11.5 Å². The van der Waals surface area contributed by atoms with Crippen molar-refractivity contribution in [1.82, 2.24) is 0 Å². The van der Waals surface area contributed by atoms with Gasteiger partial charge < -0.3 is 11.5 Å². The van der Waals surface area contributed by atoms with Crippen LogP contribution in [-0.4, -0.2) is 11.4 Å². The summed E-state index contributed by atoms with van der Waals surface area (Å²) in [6.45, 7) is 0. The Kier molecular flexibility index (Phi) is 7.44. The predicted molar refractivity (Wildman–Crippen MR) is 143 cm³/mol. The first-order valence-corrected chi connectivity index (χ1v) is 11.0. The zero-order valence-electron chi connectivity index (χ0n) is 18.8. The maximum Gasteiger partial charge on any atom is 0.0950 e. The topological polar surface area (TPSA) is 76.8 Å². The van der Waals surface area contributed by atoms with Crippen molar-refractivity contribution in [3.8, 4) is 0 Å². The van der Waals surface area contributed by atoms with Crippen LogP contribution in [-0.2, 0) is 0 Å². The second-order valence-corrected chi connectivity index (χ2v) is 7.63. The molecule has 0 fully saturated rings. The first kappa shape index (κ1) is 22.5. The van der Waals surface area contributed by atoms with E-state index in [-0.39, 0.29) is 0 Å². The summed E-state index contributed by atoms with van der Waals surface area (Å²) in [5.41, 5.74) is 19.0. The maximum absolute atomic E-state index is 6.41. The van der Waals surface area contributed by atoms with Gasteiger partial charge in [0.05, 0.1) is 11.4 Å². The second-order valence-electron chi connectivity index (χ2n) is 7.63. The van der Waals surface area contributed by atoms with Crippen molar-refractivity contribution in [2.24, 2.45) is 21.7 Å². The lowest BCUT2D eigenvalue weighted by Gasteiger charge is -2.06. The van der Waals surface area contributed by atoms with Crippen LogP contribution in [0.3, 0.4) is 0 Å². The Bertz CT molecular complexity index is 1210. The van der Waals surface area contributed by atoms with E-state index in [0.717, 1.165) is 22.3 Å². The molecule has 0 amide bonds. The van der Waals surface area contributed by atoms with Crippen LogP contribution in [0.2, 0.25) is 0 Å². The molecule has 0 heterocycles. The number of rotatable bonds is 7. The fourth-order valence-electron chi connectivity index (χ4n) is 3.39. The quantitative estimate of drug-likeness (QED) is 0.277. The van der Waals surface area contributed by atoms with Gasteiger partial charge in [-0.1, -0.05) is 121 Å². The summed E-state index contributed by atoms with van der Waals surface area (Å²) < 4.78 is 0. The van der Waals surface area contributed by atoms with Crippen LogP contribution in [0.4, 0.5) is 0 Å². The van der Waals surface area contributed by atoms with Gasteiger partial charge in [0.2, 0.25) is 0 Å². The van der Waals surface area contributed by atoms with Crippen molar-refractivity contribution in [3.05, 3.63) is 156 Å². The Morgan fingerprint density at radius 2 is 0.676 bits per heavy atom. The molecule has 0 aliphatic heterocycles. The highest BCUT2D eigenvalue weighted by Gasteiger charge is 2.06. The van der Waals surface area contributed by atoms with Crippen molar-refractivity contribution in [1.29, 1.82) is 0 Å². The largest absolute Gasteiger partial charge is 0.398 e. The van der Waals surface area contributed by atoms with Gasteiger partial charge in [-0.05, 0) is 23.3 Å². The van der Waals surface area contributed by atoms with E-state index in [2.05, 4.69) is 10.2 Å². The highest BCUT2D eigenvalue weighted by molar-refractivity contribution is 6.14. The molecule has 4 rings (SSSR count). The average molecular weight is 443 g/mol. The van der Waals surface area contributed by atoms with E-state index >= 15 is 0 Å². The van der Waals surface area contributed by atoms with Crippen molar-refractivity contribution in [2.45, 2.75) is 0 Å². The van der Waals surface area contributed by atoms with Gasteiger partial charge in [0, 0.05) is 22.5 Å². The van der Waals surface area contributed by atoms with Gasteiger partial charge >= 0.3 is 0 Å². The van der Waals surface area contributed by atoms with Crippen LogP contribution >= 0.6 is 0 Å². The van der Waals surface area contributed by atoms with Crippen LogP contribution in [0.5, 0.6) is 0 Å². The highest BCUT2D eigenvalue weighted by Crippen LogP contribution is 2.14. The molecule has 4 N–H and O–H groups in total. The third-order valence-electron chi connectivity index (χ3n) is 5.20. The highest BCUT2D eigenvalue weighted by atomic mass is 15.2. The standard InChI is InChI=1S/C30H26N4/c31-27(23-13-5-1-6-14-23)21-29(25-17-9-3-10-18-25)33-34-30(26-19-11-4-12-20-26)22-28(32)24-15-7-2-8-16-24/h1-22H,31-32H2/b27-21+,28-22+,33-29-,34-30-. The van der Waals surface area contributed by atoms with E-state index in [4.69, 9.17) is 11.5 Å². The van der Waals surface area contributed by atoms with Gasteiger partial charge in [0.15, 0.2) is 0 Å². The molecule has 0 saturated heterocycles. The molecule has 0 saturated carbocycles. The van der Waals surface area contributed by atoms with Crippen LogP contribution in [0.1, 0.15) is 22.3 Å². The molecule has 4 aromatic carbocycles. The first-order chi connectivity index (χ1) is 16.7. The summed E-state index contributed by atoms with van der Waals surface area (Å²) in [6, 6.07) is 39.4. The normalized spacial score (nSPS) is 13.1. The Balaban J connectivity index is 1.81. The molecule has 166 valence electrons. The smallest absolute Gasteiger partial charge is 0.0950 e. The first-order valence-electron chi connectivity index (χ1n) is 11.0. The Morgan fingerprint density at radius 3 is 0.971 bits per heavy atom. The van der Waals surface area contributed by atoms with E-state index < -0.39 is 0 Å². The van der Waals surface area contributed by atoms with Crippen LogP contribution in [0, 0.1) is 0 Å². The zero-order valence-corrected chi connectivity index (χ0v) is 18.8. The second kappa shape index (κ2) is 11.2. The lowest BCUT2D eigenvalue weighted by Crippen LogP contribution is -2.05. The van der Waals surface area contributed by atoms with Crippen molar-refractivity contribution >= 4 is 22.8 Å². The zero-order chi connectivity index (χ0) is 23.6. The maximum atomic E-state index is 6.41. The number of hydrogen-bond acceptors (Lipinski definition) is 4. The minimum atomic E-state index is 0.610. The lowest BCUT2D eigenvalue weighted by atomic mass is 10.1. The average Bonchev–Trinajstić information content (AvgIpc) is 2.92. The van der Waals surface area contributed by atoms with E-state index in [9.17, 15) is 0 Å². The lowest BCUT2D eigenvalue weighted by molar-refractivity contribution is 1.23. The number of benzene rings is 4. The summed E-state index contributed by atoms with van der Waals surface area (Å²) in [7, 11) is 0. The molecule has 4 aromatic rings. The van der Waals surface area contributed by atoms with Gasteiger partial charge in [0.1, 0.15) is 0 Å². The number of allylic oxidation sites excluding steroid dienone is 2. The van der Waals surface area contributed by atoms with E-state index in [1.54, 1.807) is 0 Å². The molecule has 4 nitrogen and oxygen atoms in total. The monoisotopic (exact) mass is 442 g/mol. The van der Waals surface area contributed by atoms with Gasteiger partial charge in [-0.15, -0.1) is 10.2 Å². The summed E-state index contributed by atoms with van der Waals surface area (Å²) in [5.74, 6) is 0. The molecular weight excluding hydrogens is 416 g/mol. The van der Waals surface area contributed by atoms with Gasteiger partial charge in [0.25, 0.3) is 0 Å². The number of nitrogens with two attached hydrogens (primary N) is 2. The molecule has 0 bridgehead atoms. The Labute approximate surface area is 200 Å². The Hall–Kier alpha value is -4.70. The van der Waals surface area contributed by atoms with Gasteiger partial charge in [-0.2, -0.15) is 0 Å². The van der Waals surface area contributed by atoms with Crippen molar-refractivity contribution < 1.29 is 0 Å². The summed E-state index contributed by atoms with van der Waals surface area (Å²) >= 11 is 0. The molecule has 0 spiro atoms. The minimum Gasteiger partial charge on any atom is -0.398 e. The summed E-state index contributed by atoms with van der Waals surface area (Å²) in [6.07, 6.45) is 3.70. The molecule has 34 heavy (non-hydrogen) atoms. The fourth-order valence-corrected chi connectivity index (χ4v) is 3.39. The van der Waals surface area contributed by atoms with Crippen LogP contribution in [0.25, 0.3) is 11.4 Å². The molecule has 0 atom stereocenters. The third-order valence-corrected chi connectivity index (χ3v) is 5.20. The minimum absolute atomic E-state index is 0.610. The molecular formula is C30H26N4. The van der Waals surface area contributed by atoms with E-state index in [0.29, 0.717) is 22.8 Å². The predicted octanol–water partition coefficient (Wildman–Crippen LogP) is 5.88. The third kappa shape index (κ3) is 5.96. The number of nitrogens with zero attached hydrogens (tertiary/aromatic N) is 2. The molecule has 0 aliphatic carbocycles. The summed E-state index contributed by atoms with van der Waals surface area (Å²) in [5, 5.41) is 9.26. The van der Waals surface area contributed by atoms with Crippen molar-refractivity contribution in [3.63, 3.8) is 0 Å². The van der Waals surface area contributed by atoms with E-state index in [1.165, 1.54) is 0 Å². The van der Waals surface area contributed by atoms with Gasteiger partial charge in [-0.3, -0.25) is 0 Å². The molecule has 0 unspecified atom stereocenters. The molecule has 0 aromatic heterocycles. The molecule has 4 heteroatoms. The van der Waals surface area contributed by atoms with E-state index in [1.807, 2.05) is 133 Å². The SMILES string of the molecule is N/C(=C/C(=N/N=C(/C=C(/N)c1ccccc1)c1ccccc1)c1ccccc1)c1ccccc1. The van der Waals surface area contributed by atoms with Gasteiger partial charge in [-0.25, -0.2) is 0 Å². The van der Waals surface area contributed by atoms with Crippen molar-refractivity contribution in [2.75, 3.05) is 0 Å².